The largest absolute Gasteiger partial charge is 0.573 e. The zero-order chi connectivity index (χ0) is 18.9. The number of fused-ring (bicyclic) bond motifs is 1. The molecule has 134 valence electrons. The second-order valence-corrected chi connectivity index (χ2v) is 6.86. The van der Waals surface area contributed by atoms with Crippen LogP contribution in [0.25, 0.3) is 11.3 Å². The van der Waals surface area contributed by atoms with E-state index in [0.717, 1.165) is 21.9 Å². The summed E-state index contributed by atoms with van der Waals surface area (Å²) in [5, 5.41) is 9.92. The number of nitrogens with zero attached hydrogens (tertiary/aromatic N) is 3. The molecule has 0 radical (unpaired) electrons. The molecule has 1 aromatic carbocycles. The molecule has 8 heteroatoms. The predicted octanol–water partition coefficient (Wildman–Crippen LogP) is 5.25. The number of benzene rings is 1. The van der Waals surface area contributed by atoms with Crippen molar-refractivity contribution in [2.24, 2.45) is 0 Å². The predicted molar refractivity (Wildman–Crippen MR) is 91.4 cm³/mol. The minimum atomic E-state index is -4.74. The van der Waals surface area contributed by atoms with Crippen LogP contribution in [0.5, 0.6) is 5.75 Å². The third-order valence-electron chi connectivity index (χ3n) is 4.00. The number of rotatable bonds is 3. The Morgan fingerprint density at radius 1 is 1.23 bits per heavy atom. The fraction of sp³-hybridized carbons (Fsp3) is 0.278. The van der Waals surface area contributed by atoms with Gasteiger partial charge in [-0.15, -0.1) is 13.2 Å². The molecule has 4 nitrogen and oxygen atoms in total. The number of hydrogen-bond acceptors (Lipinski definition) is 5. The number of thioether (sulfide) groups is 1. The van der Waals surface area contributed by atoms with E-state index < -0.39 is 6.36 Å². The third-order valence-corrected chi connectivity index (χ3v) is 5.12. The number of halogens is 3. The van der Waals surface area contributed by atoms with Crippen LogP contribution in [-0.4, -0.2) is 16.3 Å². The molecule has 2 heterocycles. The molecule has 2 aromatic rings. The third kappa shape index (κ3) is 3.83. The molecule has 0 spiro atoms. The number of ether oxygens (including phenoxy) is 1. The van der Waals surface area contributed by atoms with Gasteiger partial charge in [-0.3, -0.25) is 0 Å². The molecule has 0 aliphatic carbocycles. The van der Waals surface area contributed by atoms with Crippen molar-refractivity contribution in [2.75, 3.05) is 0 Å². The highest BCUT2D eigenvalue weighted by Crippen LogP contribution is 2.41. The first-order valence-electron chi connectivity index (χ1n) is 7.84. The van der Waals surface area contributed by atoms with Crippen LogP contribution in [-0.2, 0) is 6.42 Å². The van der Waals surface area contributed by atoms with E-state index in [0.29, 0.717) is 17.7 Å². The Morgan fingerprint density at radius 3 is 2.50 bits per heavy atom. The molecule has 0 saturated carbocycles. The normalized spacial score (nSPS) is 14.0. The standard InChI is InChI=1S/C18H14F3N3OS/c1-3-11-8-14-16(23-15(9-22)24-17(14)26-10(11)2)12-4-6-13(7-5-12)25-18(19,20)21/h4-7H,3,8H2,1-2H3. The van der Waals surface area contributed by atoms with Crippen molar-refractivity contribution in [3.63, 3.8) is 0 Å². The number of hydrogen-bond donors (Lipinski definition) is 0. The van der Waals surface area contributed by atoms with E-state index in [-0.39, 0.29) is 11.6 Å². The van der Waals surface area contributed by atoms with Crippen LogP contribution in [0.15, 0.2) is 39.8 Å². The lowest BCUT2D eigenvalue weighted by Gasteiger charge is -2.21. The zero-order valence-electron chi connectivity index (χ0n) is 14.0. The molecule has 0 saturated heterocycles. The van der Waals surface area contributed by atoms with Crippen molar-refractivity contribution in [3.8, 4) is 23.1 Å². The van der Waals surface area contributed by atoms with E-state index in [2.05, 4.69) is 21.6 Å². The van der Waals surface area contributed by atoms with Crippen LogP contribution >= 0.6 is 11.8 Å². The zero-order valence-corrected chi connectivity index (χ0v) is 14.8. The van der Waals surface area contributed by atoms with Crippen molar-refractivity contribution >= 4 is 11.8 Å². The fourth-order valence-electron chi connectivity index (χ4n) is 2.74. The highest BCUT2D eigenvalue weighted by atomic mass is 32.2. The monoisotopic (exact) mass is 377 g/mol. The van der Waals surface area contributed by atoms with Gasteiger partial charge in [0.1, 0.15) is 16.8 Å². The molecule has 3 rings (SSSR count). The molecule has 1 aliphatic heterocycles. The van der Waals surface area contributed by atoms with Crippen LogP contribution in [0.3, 0.4) is 0 Å². The van der Waals surface area contributed by atoms with Crippen molar-refractivity contribution in [1.82, 2.24) is 9.97 Å². The van der Waals surface area contributed by atoms with Gasteiger partial charge in [0.05, 0.1) is 5.69 Å². The maximum atomic E-state index is 12.3. The number of alkyl halides is 3. The second-order valence-electron chi connectivity index (χ2n) is 5.66. The van der Waals surface area contributed by atoms with Gasteiger partial charge in [0, 0.05) is 11.1 Å². The fourth-order valence-corrected chi connectivity index (χ4v) is 3.81. The topological polar surface area (TPSA) is 58.8 Å². The Hall–Kier alpha value is -2.53. The van der Waals surface area contributed by atoms with Gasteiger partial charge >= 0.3 is 6.36 Å². The summed E-state index contributed by atoms with van der Waals surface area (Å²) in [6.07, 6.45) is -3.19. The summed E-state index contributed by atoms with van der Waals surface area (Å²) in [5.41, 5.74) is 3.33. The number of allylic oxidation sites excluding steroid dienone is 2. The van der Waals surface area contributed by atoms with Crippen LogP contribution in [0.4, 0.5) is 13.2 Å². The van der Waals surface area contributed by atoms with E-state index in [1.807, 2.05) is 13.0 Å². The van der Waals surface area contributed by atoms with Gasteiger partial charge in [0.2, 0.25) is 5.82 Å². The molecule has 0 unspecified atom stereocenters. The van der Waals surface area contributed by atoms with Gasteiger partial charge in [-0.2, -0.15) is 5.26 Å². The van der Waals surface area contributed by atoms with Crippen LogP contribution in [0, 0.1) is 11.3 Å². The smallest absolute Gasteiger partial charge is 0.406 e. The summed E-state index contributed by atoms with van der Waals surface area (Å²) in [7, 11) is 0. The van der Waals surface area contributed by atoms with Gasteiger partial charge in [-0.05, 0) is 48.9 Å². The van der Waals surface area contributed by atoms with Crippen molar-refractivity contribution in [2.45, 2.75) is 38.1 Å². The molecule has 0 fully saturated rings. The summed E-state index contributed by atoms with van der Waals surface area (Å²) >= 11 is 1.50. The first-order valence-corrected chi connectivity index (χ1v) is 8.66. The van der Waals surface area contributed by atoms with Crippen molar-refractivity contribution in [1.29, 1.82) is 5.26 Å². The molecule has 1 aliphatic rings. The lowest BCUT2D eigenvalue weighted by Crippen LogP contribution is -2.17. The summed E-state index contributed by atoms with van der Waals surface area (Å²) in [4.78, 5) is 9.74. The maximum Gasteiger partial charge on any atom is 0.573 e. The lowest BCUT2D eigenvalue weighted by molar-refractivity contribution is -0.274. The van der Waals surface area contributed by atoms with Crippen molar-refractivity contribution < 1.29 is 17.9 Å². The molecule has 0 atom stereocenters. The molecule has 26 heavy (non-hydrogen) atoms. The van der Waals surface area contributed by atoms with Gasteiger partial charge < -0.3 is 4.74 Å². The highest BCUT2D eigenvalue weighted by Gasteiger charge is 2.31. The van der Waals surface area contributed by atoms with Gasteiger partial charge in [0.25, 0.3) is 0 Å². The molecular weight excluding hydrogens is 363 g/mol. The first kappa shape index (κ1) is 18.3. The highest BCUT2D eigenvalue weighted by molar-refractivity contribution is 8.03. The molecular formula is C18H14F3N3OS. The van der Waals surface area contributed by atoms with E-state index in [1.54, 1.807) is 0 Å². The minimum Gasteiger partial charge on any atom is -0.406 e. The Balaban J connectivity index is 2.04. The molecule has 1 aromatic heterocycles. The molecule has 0 bridgehead atoms. The Morgan fingerprint density at radius 2 is 1.92 bits per heavy atom. The summed E-state index contributed by atoms with van der Waals surface area (Å²) in [6.45, 7) is 4.08. The number of aromatic nitrogens is 2. The average Bonchev–Trinajstić information content (AvgIpc) is 2.59. The first-order chi connectivity index (χ1) is 12.3. The van der Waals surface area contributed by atoms with Gasteiger partial charge in [0.15, 0.2) is 0 Å². The summed E-state index contributed by atoms with van der Waals surface area (Å²) < 4.78 is 40.9. The Labute approximate surface area is 152 Å². The Kier molecular flexibility index (Phi) is 4.92. The van der Waals surface area contributed by atoms with Crippen LogP contribution in [0.1, 0.15) is 31.7 Å². The van der Waals surface area contributed by atoms with Crippen LogP contribution < -0.4 is 4.74 Å². The van der Waals surface area contributed by atoms with Gasteiger partial charge in [-0.25, -0.2) is 9.97 Å². The SMILES string of the molecule is CCC1=C(C)Sc2nc(C#N)nc(-c3ccc(OC(F)(F)F)cc3)c2C1. The summed E-state index contributed by atoms with van der Waals surface area (Å²) in [5.74, 6) is -0.265. The molecule has 0 amide bonds. The number of nitriles is 1. The van der Waals surface area contributed by atoms with E-state index in [9.17, 15) is 18.4 Å². The lowest BCUT2D eigenvalue weighted by atomic mass is 9.98. The van der Waals surface area contributed by atoms with Crippen LogP contribution in [0.2, 0.25) is 0 Å². The second kappa shape index (κ2) is 7.00. The minimum absolute atomic E-state index is 0.0367. The molecule has 0 N–H and O–H groups in total. The quantitative estimate of drug-likeness (QED) is 0.684. The average molecular weight is 377 g/mol. The van der Waals surface area contributed by atoms with E-state index in [1.165, 1.54) is 41.6 Å². The van der Waals surface area contributed by atoms with Crippen molar-refractivity contribution in [3.05, 3.63) is 46.1 Å². The Bertz CT molecular complexity index is 915. The van der Waals surface area contributed by atoms with E-state index in [4.69, 9.17) is 0 Å². The van der Waals surface area contributed by atoms with Gasteiger partial charge in [-0.1, -0.05) is 24.3 Å². The van der Waals surface area contributed by atoms with E-state index >= 15 is 0 Å². The summed E-state index contributed by atoms with van der Waals surface area (Å²) in [6, 6.07) is 7.43. The maximum absolute atomic E-state index is 12.3.